The van der Waals surface area contributed by atoms with Crippen LogP contribution < -0.4 is 0 Å². The molecule has 0 bridgehead atoms. The Morgan fingerprint density at radius 3 is 1.00 bits per heavy atom. The molecule has 138 valence electrons. The predicted octanol–water partition coefficient (Wildman–Crippen LogP) is 6.50. The van der Waals surface area contributed by atoms with Gasteiger partial charge in [-0.15, -0.1) is 0 Å². The third kappa shape index (κ3) is 11.9. The van der Waals surface area contributed by atoms with E-state index in [0.29, 0.717) is 0 Å². The van der Waals surface area contributed by atoms with Gasteiger partial charge in [0.05, 0.1) is 0 Å². The second-order valence-electron chi connectivity index (χ2n) is 5.72. The summed E-state index contributed by atoms with van der Waals surface area (Å²) in [7, 11) is 0. The van der Waals surface area contributed by atoms with E-state index >= 15 is 0 Å². The van der Waals surface area contributed by atoms with E-state index in [1.54, 1.807) is 0 Å². The van der Waals surface area contributed by atoms with Crippen molar-refractivity contribution in [2.24, 2.45) is 0 Å². The number of aryl methyl sites for hydroxylation is 2. The Labute approximate surface area is 179 Å². The van der Waals surface area contributed by atoms with Crippen LogP contribution in [0.2, 0.25) is 0 Å². The Balaban J connectivity index is 0.000000432. The predicted molar refractivity (Wildman–Crippen MR) is 105 cm³/mol. The first-order chi connectivity index (χ1) is 11.9. The van der Waals surface area contributed by atoms with Gasteiger partial charge in [0.1, 0.15) is 0 Å². The summed E-state index contributed by atoms with van der Waals surface area (Å²) in [5.41, 5.74) is 2.96. The van der Waals surface area contributed by atoms with E-state index in [0.717, 1.165) is 0 Å². The third-order valence-corrected chi connectivity index (χ3v) is 3.76. The van der Waals surface area contributed by atoms with Crippen molar-refractivity contribution in [1.29, 1.82) is 0 Å². The molecule has 0 aliphatic carbocycles. The molecule has 0 aliphatic rings. The quantitative estimate of drug-likeness (QED) is 0.194. The van der Waals surface area contributed by atoms with Crippen LogP contribution in [0.4, 0.5) is 0 Å². The molecule has 0 fully saturated rings. The fourth-order valence-electron chi connectivity index (χ4n) is 2.46. The minimum Gasteiger partial charge on any atom is -0.214 e. The Bertz CT molecular complexity index is 560. The minimum atomic E-state index is 0. The molecule has 0 aromatic heterocycles. The number of unbranched alkanes of at least 4 members (excludes halogenated alkanes) is 1. The van der Waals surface area contributed by atoms with Crippen molar-refractivity contribution in [2.75, 3.05) is 0 Å². The van der Waals surface area contributed by atoms with Crippen molar-refractivity contribution in [3.8, 4) is 0 Å². The average Bonchev–Trinajstić information content (AvgIpc) is 3.44. The molecular weight excluding hydrogens is 400 g/mol. The van der Waals surface area contributed by atoms with Gasteiger partial charge in [-0.05, 0) is 0 Å². The van der Waals surface area contributed by atoms with Gasteiger partial charge >= 0.3 is 34.1 Å². The SMILES string of the molecule is [Fe+2].[Fe+2].c1cc[c-](CCCC[c-]2cccc2)c1.c1cc[cH-]c1.c1cc[cH-]c1. The maximum atomic E-state index is 2.21. The van der Waals surface area contributed by atoms with Gasteiger partial charge in [-0.2, -0.15) is 71.8 Å². The molecule has 0 nitrogen and oxygen atoms in total. The number of hydrogen-bond donors (Lipinski definition) is 0. The van der Waals surface area contributed by atoms with E-state index in [4.69, 9.17) is 0 Å². The zero-order chi connectivity index (χ0) is 16.7. The molecule has 0 aliphatic heterocycles. The molecule has 0 spiro atoms. The first kappa shape index (κ1) is 24.4. The zero-order valence-electron chi connectivity index (χ0n) is 14.9. The second kappa shape index (κ2) is 16.9. The van der Waals surface area contributed by atoms with Crippen LogP contribution >= 0.6 is 0 Å². The molecule has 0 unspecified atom stereocenters. The normalized spacial score (nSPS) is 8.77. The molecule has 0 radical (unpaired) electrons. The van der Waals surface area contributed by atoms with E-state index < -0.39 is 0 Å². The van der Waals surface area contributed by atoms with Crippen LogP contribution in [0.15, 0.2) is 109 Å². The molecule has 26 heavy (non-hydrogen) atoms. The molecule has 0 atom stereocenters. The first-order valence-corrected chi connectivity index (χ1v) is 8.70. The summed E-state index contributed by atoms with van der Waals surface area (Å²) in [6.45, 7) is 0. The smallest absolute Gasteiger partial charge is 0.214 e. The summed E-state index contributed by atoms with van der Waals surface area (Å²) in [5.74, 6) is 0. The molecule has 4 aromatic rings. The summed E-state index contributed by atoms with van der Waals surface area (Å²) in [6, 6.07) is 37.3. The molecule has 0 amide bonds. The maximum absolute atomic E-state index is 2.21. The van der Waals surface area contributed by atoms with Gasteiger partial charge in [0.15, 0.2) is 0 Å². The van der Waals surface area contributed by atoms with Gasteiger partial charge in [-0.25, -0.2) is 48.5 Å². The van der Waals surface area contributed by atoms with Crippen LogP contribution in [0.5, 0.6) is 0 Å². The molecule has 2 heteroatoms. The second-order valence-corrected chi connectivity index (χ2v) is 5.72. The van der Waals surface area contributed by atoms with Crippen molar-refractivity contribution in [2.45, 2.75) is 25.7 Å². The largest absolute Gasteiger partial charge is 2.00 e. The van der Waals surface area contributed by atoms with Crippen molar-refractivity contribution in [3.05, 3.63) is 120 Å². The molecular formula is C24H26Fe2. The zero-order valence-corrected chi connectivity index (χ0v) is 17.1. The fraction of sp³-hybridized carbons (Fsp3) is 0.167. The summed E-state index contributed by atoms with van der Waals surface area (Å²) >= 11 is 0. The molecule has 0 saturated heterocycles. The van der Waals surface area contributed by atoms with Crippen molar-refractivity contribution < 1.29 is 34.1 Å². The van der Waals surface area contributed by atoms with Crippen LogP contribution in [0.25, 0.3) is 0 Å². The Hall–Kier alpha value is -1.56. The van der Waals surface area contributed by atoms with Crippen LogP contribution in [0.1, 0.15) is 24.0 Å². The van der Waals surface area contributed by atoms with E-state index in [1.807, 2.05) is 60.7 Å². The topological polar surface area (TPSA) is 0 Å². The molecule has 4 aromatic carbocycles. The number of rotatable bonds is 5. The van der Waals surface area contributed by atoms with E-state index in [9.17, 15) is 0 Å². The summed E-state index contributed by atoms with van der Waals surface area (Å²) in [4.78, 5) is 0. The Morgan fingerprint density at radius 2 is 0.769 bits per heavy atom. The van der Waals surface area contributed by atoms with Gasteiger partial charge in [0.2, 0.25) is 0 Å². The van der Waals surface area contributed by atoms with Gasteiger partial charge in [0, 0.05) is 0 Å². The van der Waals surface area contributed by atoms with Crippen LogP contribution in [-0.2, 0) is 47.0 Å². The van der Waals surface area contributed by atoms with E-state index in [2.05, 4.69) is 48.5 Å². The van der Waals surface area contributed by atoms with Crippen molar-refractivity contribution in [3.63, 3.8) is 0 Å². The monoisotopic (exact) mass is 426 g/mol. The van der Waals surface area contributed by atoms with E-state index in [1.165, 1.54) is 36.8 Å². The van der Waals surface area contributed by atoms with E-state index in [-0.39, 0.29) is 34.1 Å². The molecule has 0 N–H and O–H groups in total. The summed E-state index contributed by atoms with van der Waals surface area (Å²) < 4.78 is 0. The van der Waals surface area contributed by atoms with Crippen LogP contribution in [0.3, 0.4) is 0 Å². The molecule has 4 rings (SSSR count). The fourth-order valence-corrected chi connectivity index (χ4v) is 2.46. The third-order valence-electron chi connectivity index (χ3n) is 3.76. The Kier molecular flexibility index (Phi) is 15.9. The first-order valence-electron chi connectivity index (χ1n) is 8.70. The number of hydrogen-bond acceptors (Lipinski definition) is 0. The Morgan fingerprint density at radius 1 is 0.462 bits per heavy atom. The van der Waals surface area contributed by atoms with Gasteiger partial charge < -0.3 is 0 Å². The van der Waals surface area contributed by atoms with Gasteiger partial charge in [0.25, 0.3) is 0 Å². The maximum Gasteiger partial charge on any atom is 2.00 e. The minimum absolute atomic E-state index is 0. The standard InChI is InChI=1S/C14H16.2C5H5.2Fe/c1-2-8-13(7-1)11-5-6-12-14-9-3-4-10-14;2*1-2-4-5-3-1;;/h1-4,7-10H,5-6,11-12H2;2*1-5H;;/q-2;2*-1;2*+2. The van der Waals surface area contributed by atoms with Crippen molar-refractivity contribution in [1.82, 2.24) is 0 Å². The molecule has 0 saturated carbocycles. The summed E-state index contributed by atoms with van der Waals surface area (Å²) in [6.07, 6.45) is 5.06. The van der Waals surface area contributed by atoms with Crippen LogP contribution in [-0.4, -0.2) is 0 Å². The summed E-state index contributed by atoms with van der Waals surface area (Å²) in [5, 5.41) is 0. The average molecular weight is 426 g/mol. The van der Waals surface area contributed by atoms with Crippen LogP contribution in [0, 0.1) is 0 Å². The van der Waals surface area contributed by atoms with Crippen molar-refractivity contribution >= 4 is 0 Å². The van der Waals surface area contributed by atoms with Gasteiger partial charge in [-0.1, -0.05) is 25.7 Å². The molecule has 0 heterocycles. The van der Waals surface area contributed by atoms with Gasteiger partial charge in [-0.3, -0.25) is 0 Å².